The topological polar surface area (TPSA) is 75.1 Å². The SMILES string of the molecule is CCCC(=O)O[C@H](CCC)[C@H](CCC)N=[N+]=[N-]. The van der Waals surface area contributed by atoms with Crippen LogP contribution in [0.15, 0.2) is 5.11 Å². The molecule has 0 saturated carbocycles. The van der Waals surface area contributed by atoms with Crippen molar-refractivity contribution >= 4 is 5.97 Å². The number of esters is 1. The molecule has 98 valence electrons. The lowest BCUT2D eigenvalue weighted by atomic mass is 10.0. The van der Waals surface area contributed by atoms with Crippen LogP contribution in [0.25, 0.3) is 10.4 Å². The third kappa shape index (κ3) is 6.84. The summed E-state index contributed by atoms with van der Waals surface area (Å²) in [6, 6.07) is -0.231. The van der Waals surface area contributed by atoms with Gasteiger partial charge in [-0.1, -0.05) is 38.7 Å². The molecule has 0 radical (unpaired) electrons. The maximum absolute atomic E-state index is 11.5. The molecular weight excluding hydrogens is 218 g/mol. The third-order valence-electron chi connectivity index (χ3n) is 2.52. The number of carbonyl (C=O) groups is 1. The number of hydrogen-bond acceptors (Lipinski definition) is 3. The van der Waals surface area contributed by atoms with Gasteiger partial charge >= 0.3 is 5.97 Å². The van der Waals surface area contributed by atoms with Crippen molar-refractivity contribution < 1.29 is 9.53 Å². The highest BCUT2D eigenvalue weighted by atomic mass is 16.5. The maximum atomic E-state index is 11.5. The molecule has 2 atom stereocenters. The van der Waals surface area contributed by atoms with Crippen LogP contribution in [0.3, 0.4) is 0 Å². The summed E-state index contributed by atoms with van der Waals surface area (Å²) < 4.78 is 5.39. The number of hydrogen-bond donors (Lipinski definition) is 0. The largest absolute Gasteiger partial charge is 0.462 e. The molecular formula is C12H23N3O2. The quantitative estimate of drug-likeness (QED) is 0.265. The zero-order valence-electron chi connectivity index (χ0n) is 11.1. The number of nitrogens with zero attached hydrogens (tertiary/aromatic N) is 3. The number of ether oxygens (including phenoxy) is 1. The van der Waals surface area contributed by atoms with E-state index in [4.69, 9.17) is 10.3 Å². The predicted octanol–water partition coefficient (Wildman–Crippen LogP) is 3.98. The minimum atomic E-state index is -0.269. The van der Waals surface area contributed by atoms with E-state index in [-0.39, 0.29) is 18.1 Å². The molecule has 0 bridgehead atoms. The molecule has 0 unspecified atom stereocenters. The van der Waals surface area contributed by atoms with Gasteiger partial charge in [0.1, 0.15) is 6.10 Å². The van der Waals surface area contributed by atoms with Crippen LogP contribution < -0.4 is 0 Å². The summed E-state index contributed by atoms with van der Waals surface area (Å²) in [7, 11) is 0. The van der Waals surface area contributed by atoms with E-state index in [1.165, 1.54) is 0 Å². The van der Waals surface area contributed by atoms with Gasteiger partial charge < -0.3 is 4.74 Å². The summed E-state index contributed by atoms with van der Waals surface area (Å²) >= 11 is 0. The van der Waals surface area contributed by atoms with Gasteiger partial charge in [0.25, 0.3) is 0 Å². The number of rotatable bonds is 9. The lowest BCUT2D eigenvalue weighted by Gasteiger charge is -2.23. The van der Waals surface area contributed by atoms with E-state index in [0.29, 0.717) is 6.42 Å². The van der Waals surface area contributed by atoms with Crippen LogP contribution in [0.1, 0.15) is 59.3 Å². The Morgan fingerprint density at radius 2 is 1.88 bits per heavy atom. The van der Waals surface area contributed by atoms with Gasteiger partial charge in [-0.15, -0.1) is 0 Å². The molecule has 0 heterocycles. The van der Waals surface area contributed by atoms with Crippen molar-refractivity contribution in [3.8, 4) is 0 Å². The normalized spacial score (nSPS) is 13.6. The molecule has 0 N–H and O–H groups in total. The minimum absolute atomic E-state index is 0.194. The smallest absolute Gasteiger partial charge is 0.306 e. The predicted molar refractivity (Wildman–Crippen MR) is 67.5 cm³/mol. The van der Waals surface area contributed by atoms with Crippen molar-refractivity contribution in [2.24, 2.45) is 5.11 Å². The molecule has 0 aromatic heterocycles. The Bertz CT molecular complexity index is 262. The zero-order valence-corrected chi connectivity index (χ0v) is 11.1. The number of carbonyl (C=O) groups excluding carboxylic acids is 1. The molecule has 0 amide bonds. The van der Waals surface area contributed by atoms with Crippen molar-refractivity contribution in [1.82, 2.24) is 0 Å². The van der Waals surface area contributed by atoms with Crippen LogP contribution in [-0.2, 0) is 9.53 Å². The van der Waals surface area contributed by atoms with Gasteiger partial charge in [0.05, 0.1) is 6.04 Å². The third-order valence-corrected chi connectivity index (χ3v) is 2.52. The van der Waals surface area contributed by atoms with Crippen LogP contribution in [0.2, 0.25) is 0 Å². The maximum Gasteiger partial charge on any atom is 0.306 e. The molecule has 0 fully saturated rings. The fourth-order valence-corrected chi connectivity index (χ4v) is 1.73. The molecule has 0 rings (SSSR count). The number of azide groups is 1. The van der Waals surface area contributed by atoms with Gasteiger partial charge in [-0.3, -0.25) is 4.79 Å². The fraction of sp³-hybridized carbons (Fsp3) is 0.917. The van der Waals surface area contributed by atoms with Crippen LogP contribution in [0.5, 0.6) is 0 Å². The average Bonchev–Trinajstić information content (AvgIpc) is 2.28. The first-order valence-electron chi connectivity index (χ1n) is 6.43. The summed E-state index contributed by atoms with van der Waals surface area (Å²) in [5.74, 6) is -0.194. The van der Waals surface area contributed by atoms with Crippen molar-refractivity contribution in [2.75, 3.05) is 0 Å². The molecule has 0 aromatic rings. The van der Waals surface area contributed by atoms with Crippen LogP contribution in [0.4, 0.5) is 0 Å². The Morgan fingerprint density at radius 3 is 2.35 bits per heavy atom. The monoisotopic (exact) mass is 241 g/mol. The van der Waals surface area contributed by atoms with Gasteiger partial charge in [0.15, 0.2) is 0 Å². The Balaban J connectivity index is 4.53. The van der Waals surface area contributed by atoms with E-state index in [9.17, 15) is 4.79 Å². The van der Waals surface area contributed by atoms with Crippen LogP contribution >= 0.6 is 0 Å². The second-order valence-corrected chi connectivity index (χ2v) is 4.13. The molecule has 0 spiro atoms. The van der Waals surface area contributed by atoms with E-state index < -0.39 is 0 Å². The van der Waals surface area contributed by atoms with Crippen molar-refractivity contribution in [3.63, 3.8) is 0 Å². The molecule has 0 aliphatic rings. The lowest BCUT2D eigenvalue weighted by Crippen LogP contribution is -2.29. The zero-order chi connectivity index (χ0) is 13.1. The molecule has 0 aliphatic carbocycles. The van der Waals surface area contributed by atoms with Gasteiger partial charge in [0.2, 0.25) is 0 Å². The Morgan fingerprint density at radius 1 is 1.24 bits per heavy atom. The second-order valence-electron chi connectivity index (χ2n) is 4.13. The lowest BCUT2D eigenvalue weighted by molar-refractivity contribution is -0.150. The van der Waals surface area contributed by atoms with Crippen molar-refractivity contribution in [1.29, 1.82) is 0 Å². The fourth-order valence-electron chi connectivity index (χ4n) is 1.73. The molecule has 5 heteroatoms. The van der Waals surface area contributed by atoms with Crippen LogP contribution in [0, 0.1) is 0 Å². The average molecular weight is 241 g/mol. The highest BCUT2D eigenvalue weighted by Gasteiger charge is 2.22. The summed E-state index contributed by atoms with van der Waals surface area (Å²) in [4.78, 5) is 14.3. The molecule has 0 aliphatic heterocycles. The van der Waals surface area contributed by atoms with E-state index in [1.54, 1.807) is 0 Å². The first-order chi connectivity index (χ1) is 8.19. The standard InChI is InChI=1S/C12H23N3O2/c1-4-7-10(14-15-13)11(8-5-2)17-12(16)9-6-3/h10-11H,4-9H2,1-3H3/t10-,11+/m0/s1. The van der Waals surface area contributed by atoms with Crippen LogP contribution in [-0.4, -0.2) is 18.1 Å². The van der Waals surface area contributed by atoms with Crippen molar-refractivity contribution in [3.05, 3.63) is 10.4 Å². The van der Waals surface area contributed by atoms with Gasteiger partial charge in [-0.25, -0.2) is 0 Å². The first-order valence-corrected chi connectivity index (χ1v) is 6.43. The Kier molecular flexibility index (Phi) is 9.25. The van der Waals surface area contributed by atoms with E-state index in [0.717, 1.165) is 32.1 Å². The summed E-state index contributed by atoms with van der Waals surface area (Å²) in [6.45, 7) is 5.99. The van der Waals surface area contributed by atoms with E-state index in [1.807, 2.05) is 20.8 Å². The van der Waals surface area contributed by atoms with Gasteiger partial charge in [0, 0.05) is 11.3 Å². The first kappa shape index (κ1) is 15.8. The summed E-state index contributed by atoms with van der Waals surface area (Å²) in [5, 5.41) is 3.75. The van der Waals surface area contributed by atoms with Gasteiger partial charge in [-0.05, 0) is 24.8 Å². The Hall–Kier alpha value is -1.22. The van der Waals surface area contributed by atoms with E-state index in [2.05, 4.69) is 10.0 Å². The highest BCUT2D eigenvalue weighted by Crippen LogP contribution is 2.17. The van der Waals surface area contributed by atoms with Gasteiger partial charge in [-0.2, -0.15) is 0 Å². The van der Waals surface area contributed by atoms with Crippen molar-refractivity contribution in [2.45, 2.75) is 71.4 Å². The van der Waals surface area contributed by atoms with E-state index >= 15 is 0 Å². The summed E-state index contributed by atoms with van der Waals surface area (Å²) in [6.07, 6.45) is 4.26. The molecule has 17 heavy (non-hydrogen) atoms. The molecule has 5 nitrogen and oxygen atoms in total. The summed E-state index contributed by atoms with van der Waals surface area (Å²) in [5.41, 5.74) is 8.54. The molecule has 0 aromatic carbocycles. The Labute approximate surface area is 103 Å². The molecule has 0 saturated heterocycles. The second kappa shape index (κ2) is 9.97. The highest BCUT2D eigenvalue weighted by molar-refractivity contribution is 5.69. The minimum Gasteiger partial charge on any atom is -0.462 e.